The van der Waals surface area contributed by atoms with Crippen molar-refractivity contribution in [3.63, 3.8) is 0 Å². The van der Waals surface area contributed by atoms with E-state index in [0.29, 0.717) is 28.7 Å². The molecular formula is C20H17FN6O. The predicted molar refractivity (Wildman–Crippen MR) is 104 cm³/mol. The van der Waals surface area contributed by atoms with Gasteiger partial charge < -0.3 is 10.1 Å². The van der Waals surface area contributed by atoms with Crippen LogP contribution in [-0.2, 0) is 6.67 Å². The summed E-state index contributed by atoms with van der Waals surface area (Å²) >= 11 is 0. The van der Waals surface area contributed by atoms with Crippen molar-refractivity contribution in [2.75, 3.05) is 12.4 Å². The number of rotatable bonds is 5. The largest absolute Gasteiger partial charge is 0.481 e. The Bertz CT molecular complexity index is 1130. The first-order valence-corrected chi connectivity index (χ1v) is 8.59. The molecule has 140 valence electrons. The summed E-state index contributed by atoms with van der Waals surface area (Å²) < 4.78 is 17.8. The summed E-state index contributed by atoms with van der Waals surface area (Å²) in [6, 6.07) is 9.37. The Labute approximate surface area is 160 Å². The molecule has 0 saturated carbocycles. The molecule has 7 nitrogen and oxygen atoms in total. The molecule has 0 amide bonds. The molecule has 0 aliphatic heterocycles. The van der Waals surface area contributed by atoms with E-state index in [9.17, 15) is 4.39 Å². The van der Waals surface area contributed by atoms with Gasteiger partial charge in [0.25, 0.3) is 0 Å². The zero-order chi connectivity index (χ0) is 19.5. The second kappa shape index (κ2) is 7.51. The minimum absolute atomic E-state index is 0.374. The van der Waals surface area contributed by atoms with Crippen LogP contribution in [0.1, 0.15) is 11.1 Å². The average Bonchev–Trinajstić information content (AvgIpc) is 2.74. The number of nitrogens with one attached hydrogen (secondary N) is 1. The van der Waals surface area contributed by atoms with E-state index < -0.39 is 6.67 Å². The van der Waals surface area contributed by atoms with Gasteiger partial charge in [-0.25, -0.2) is 29.3 Å². The Hall–Kier alpha value is -3.68. The molecule has 0 saturated heterocycles. The SMILES string of the molecule is COc1ccc(C)c(-c2ccc3c(Nc4ncc(CF)cn4)ccnc3n2)n1. The summed E-state index contributed by atoms with van der Waals surface area (Å²) in [7, 11) is 1.58. The zero-order valence-corrected chi connectivity index (χ0v) is 15.3. The van der Waals surface area contributed by atoms with Crippen LogP contribution in [0, 0.1) is 6.92 Å². The van der Waals surface area contributed by atoms with Gasteiger partial charge in [0.15, 0.2) is 5.65 Å². The van der Waals surface area contributed by atoms with Crippen LogP contribution in [0.3, 0.4) is 0 Å². The topological polar surface area (TPSA) is 85.7 Å². The first-order chi connectivity index (χ1) is 13.7. The fourth-order valence-electron chi connectivity index (χ4n) is 2.76. The van der Waals surface area contributed by atoms with Crippen molar-refractivity contribution < 1.29 is 9.13 Å². The molecule has 0 aromatic carbocycles. The van der Waals surface area contributed by atoms with Crippen LogP contribution in [0.5, 0.6) is 5.88 Å². The third kappa shape index (κ3) is 3.44. The van der Waals surface area contributed by atoms with Crippen molar-refractivity contribution in [3.05, 3.63) is 60.0 Å². The van der Waals surface area contributed by atoms with Gasteiger partial charge in [-0.2, -0.15) is 0 Å². The standard InChI is InChI=1S/C20H17FN6O/c1-12-3-6-17(28-2)27-18(12)16-5-4-14-15(7-8-22-19(14)25-16)26-20-23-10-13(9-21)11-24-20/h3-8,10-11H,9H2,1-2H3,(H,22,23,24,25,26). The lowest BCUT2D eigenvalue weighted by molar-refractivity contribution is 0.398. The molecule has 0 spiro atoms. The van der Waals surface area contributed by atoms with Crippen LogP contribution >= 0.6 is 0 Å². The molecule has 1 N–H and O–H groups in total. The molecule has 0 aliphatic rings. The Kier molecular flexibility index (Phi) is 4.76. The summed E-state index contributed by atoms with van der Waals surface area (Å²) in [5.74, 6) is 0.902. The van der Waals surface area contributed by atoms with Gasteiger partial charge in [-0.3, -0.25) is 0 Å². The molecule has 4 rings (SSSR count). The fraction of sp³-hybridized carbons (Fsp3) is 0.150. The molecule has 0 fully saturated rings. The van der Waals surface area contributed by atoms with Crippen molar-refractivity contribution in [2.24, 2.45) is 0 Å². The average molecular weight is 376 g/mol. The number of methoxy groups -OCH3 is 1. The normalized spacial score (nSPS) is 10.8. The maximum atomic E-state index is 12.6. The number of nitrogens with zero attached hydrogens (tertiary/aromatic N) is 5. The molecule has 0 bridgehead atoms. The van der Waals surface area contributed by atoms with Crippen molar-refractivity contribution in [3.8, 4) is 17.3 Å². The Morgan fingerprint density at radius 1 is 1.00 bits per heavy atom. The van der Waals surface area contributed by atoms with Gasteiger partial charge in [0.1, 0.15) is 6.67 Å². The first-order valence-electron chi connectivity index (χ1n) is 8.59. The van der Waals surface area contributed by atoms with Gasteiger partial charge in [0.2, 0.25) is 11.8 Å². The highest BCUT2D eigenvalue weighted by Crippen LogP contribution is 2.27. The molecule has 0 atom stereocenters. The molecule has 0 radical (unpaired) electrons. The van der Waals surface area contributed by atoms with E-state index in [1.807, 2.05) is 37.3 Å². The van der Waals surface area contributed by atoms with Crippen molar-refractivity contribution in [1.29, 1.82) is 0 Å². The summed E-state index contributed by atoms with van der Waals surface area (Å²) in [5, 5.41) is 3.94. The van der Waals surface area contributed by atoms with Gasteiger partial charge in [-0.15, -0.1) is 0 Å². The second-order valence-electron chi connectivity index (χ2n) is 6.12. The minimum atomic E-state index is -0.594. The van der Waals surface area contributed by atoms with Gasteiger partial charge >= 0.3 is 0 Å². The van der Waals surface area contributed by atoms with Gasteiger partial charge in [-0.05, 0) is 30.7 Å². The highest BCUT2D eigenvalue weighted by molar-refractivity contribution is 5.91. The van der Waals surface area contributed by atoms with Crippen LogP contribution in [-0.4, -0.2) is 32.0 Å². The Balaban J connectivity index is 1.72. The van der Waals surface area contributed by atoms with E-state index >= 15 is 0 Å². The van der Waals surface area contributed by atoms with Gasteiger partial charge in [-0.1, -0.05) is 6.07 Å². The van der Waals surface area contributed by atoms with Crippen LogP contribution in [0.25, 0.3) is 22.4 Å². The van der Waals surface area contributed by atoms with Crippen molar-refractivity contribution in [2.45, 2.75) is 13.6 Å². The number of alkyl halides is 1. The highest BCUT2D eigenvalue weighted by Gasteiger charge is 2.11. The quantitative estimate of drug-likeness (QED) is 0.563. The first kappa shape index (κ1) is 17.7. The molecule has 8 heteroatoms. The number of aryl methyl sites for hydroxylation is 1. The lowest BCUT2D eigenvalue weighted by Crippen LogP contribution is -2.00. The predicted octanol–water partition coefficient (Wildman–Crippen LogP) is 4.01. The van der Waals surface area contributed by atoms with Crippen LogP contribution in [0.4, 0.5) is 16.0 Å². The monoisotopic (exact) mass is 376 g/mol. The lowest BCUT2D eigenvalue weighted by Gasteiger charge is -2.10. The number of aromatic nitrogens is 5. The number of pyridine rings is 3. The number of ether oxygens (including phenoxy) is 1. The summed E-state index contributed by atoms with van der Waals surface area (Å²) in [6.45, 7) is 1.38. The molecular weight excluding hydrogens is 359 g/mol. The second-order valence-corrected chi connectivity index (χ2v) is 6.12. The number of hydrogen-bond donors (Lipinski definition) is 1. The maximum absolute atomic E-state index is 12.6. The summed E-state index contributed by atoms with van der Waals surface area (Å²) in [6.07, 6.45) is 4.56. The summed E-state index contributed by atoms with van der Waals surface area (Å²) in [5.41, 5.74) is 4.18. The molecule has 0 unspecified atom stereocenters. The Morgan fingerprint density at radius 3 is 2.57 bits per heavy atom. The molecule has 4 heterocycles. The van der Waals surface area contributed by atoms with Crippen LogP contribution in [0.15, 0.2) is 48.9 Å². The number of anilines is 2. The minimum Gasteiger partial charge on any atom is -0.481 e. The van der Waals surface area contributed by atoms with Gasteiger partial charge in [0.05, 0.1) is 24.2 Å². The Morgan fingerprint density at radius 2 is 1.82 bits per heavy atom. The van der Waals surface area contributed by atoms with E-state index in [-0.39, 0.29) is 0 Å². The van der Waals surface area contributed by atoms with Crippen molar-refractivity contribution >= 4 is 22.7 Å². The van der Waals surface area contributed by atoms with Crippen LogP contribution < -0.4 is 10.1 Å². The number of fused-ring (bicyclic) bond motifs is 1. The van der Waals surface area contributed by atoms with E-state index in [0.717, 1.165) is 22.3 Å². The molecule has 28 heavy (non-hydrogen) atoms. The third-order valence-corrected chi connectivity index (χ3v) is 4.23. The van der Waals surface area contributed by atoms with Gasteiger partial charge in [0, 0.05) is 35.6 Å². The molecule has 0 aliphatic carbocycles. The fourth-order valence-corrected chi connectivity index (χ4v) is 2.76. The number of halogens is 1. The van der Waals surface area contributed by atoms with Crippen LogP contribution in [0.2, 0.25) is 0 Å². The smallest absolute Gasteiger partial charge is 0.227 e. The molecule has 4 aromatic heterocycles. The van der Waals surface area contributed by atoms with E-state index in [4.69, 9.17) is 4.74 Å². The zero-order valence-electron chi connectivity index (χ0n) is 15.3. The highest BCUT2D eigenvalue weighted by atomic mass is 19.1. The molecule has 4 aromatic rings. The third-order valence-electron chi connectivity index (χ3n) is 4.23. The van der Waals surface area contributed by atoms with E-state index in [2.05, 4.69) is 30.2 Å². The van der Waals surface area contributed by atoms with Crippen molar-refractivity contribution in [1.82, 2.24) is 24.9 Å². The summed E-state index contributed by atoms with van der Waals surface area (Å²) in [4.78, 5) is 21.8. The number of hydrogen-bond acceptors (Lipinski definition) is 7. The maximum Gasteiger partial charge on any atom is 0.227 e. The van der Waals surface area contributed by atoms with E-state index in [1.165, 1.54) is 12.4 Å². The lowest BCUT2D eigenvalue weighted by atomic mass is 10.1. The van der Waals surface area contributed by atoms with E-state index in [1.54, 1.807) is 13.3 Å².